The second-order valence-electron chi connectivity index (χ2n) is 16.4. The fourth-order valence-corrected chi connectivity index (χ4v) is 8.82. The minimum Gasteiger partial charge on any atom is -0.457 e. The maximum atomic E-state index is 13.8. The van der Waals surface area contributed by atoms with Gasteiger partial charge in [0.25, 0.3) is 23.6 Å². The summed E-state index contributed by atoms with van der Waals surface area (Å²) in [5, 5.41) is 10.0. The van der Waals surface area contributed by atoms with Crippen molar-refractivity contribution in [3.05, 3.63) is 191 Å². The number of amides is 4. The zero-order valence-corrected chi connectivity index (χ0v) is 35.3. The highest BCUT2D eigenvalue weighted by atomic mass is 16.5. The largest absolute Gasteiger partial charge is 0.457 e. The van der Waals surface area contributed by atoms with Crippen molar-refractivity contribution in [1.29, 1.82) is 0 Å². The predicted molar refractivity (Wildman–Crippen MR) is 245 cm³/mol. The number of aromatic nitrogens is 3. The van der Waals surface area contributed by atoms with E-state index in [-0.39, 0.29) is 28.9 Å². The minimum absolute atomic E-state index is 0.171. The Morgan fingerprint density at radius 1 is 0.508 bits per heavy atom. The molecule has 0 atom stereocenters. The molecule has 0 saturated heterocycles. The van der Waals surface area contributed by atoms with Gasteiger partial charge in [-0.05, 0) is 115 Å². The van der Waals surface area contributed by atoms with Crippen molar-refractivity contribution in [2.75, 3.05) is 9.80 Å². The smallest absolute Gasteiger partial charge is 0.332 e. The van der Waals surface area contributed by atoms with Crippen LogP contribution in [0.5, 0.6) is 23.0 Å². The molecular weight excluding hydrogens is 819 g/mol. The zero-order chi connectivity index (χ0) is 44.6. The molecule has 0 unspecified atom stereocenters. The Labute approximate surface area is 371 Å². The normalized spacial score (nSPS) is 13.6. The van der Waals surface area contributed by atoms with Crippen LogP contribution in [0.2, 0.25) is 0 Å². The topological polar surface area (TPSA) is 137 Å². The number of para-hydroxylation sites is 1. The average Bonchev–Trinajstić information content (AvgIpc) is 4.07. The fourth-order valence-electron chi connectivity index (χ4n) is 8.82. The Balaban J connectivity index is 0.756. The van der Waals surface area contributed by atoms with Gasteiger partial charge < -0.3 is 18.5 Å². The van der Waals surface area contributed by atoms with Gasteiger partial charge in [0.2, 0.25) is 5.89 Å². The van der Waals surface area contributed by atoms with Crippen molar-refractivity contribution in [3.8, 4) is 34.5 Å². The van der Waals surface area contributed by atoms with E-state index >= 15 is 0 Å². The third-order valence-corrected chi connectivity index (χ3v) is 12.3. The highest BCUT2D eigenvalue weighted by molar-refractivity contribution is 6.35. The number of hydrogen-bond acceptors (Lipinski definition) is 9. The second kappa shape index (κ2) is 15.0. The summed E-state index contributed by atoms with van der Waals surface area (Å²) in [4.78, 5) is 56.3. The quantitative estimate of drug-likeness (QED) is 0.123. The highest BCUT2D eigenvalue weighted by Gasteiger charge is 2.41. The van der Waals surface area contributed by atoms with E-state index in [4.69, 9.17) is 13.9 Å². The number of carbonyl (C=O) groups is 4. The Bertz CT molecular complexity index is 3430. The van der Waals surface area contributed by atoms with Gasteiger partial charge in [-0.15, -0.1) is 5.10 Å². The minimum atomic E-state index is -0.584. The molecule has 9 aromatic rings. The number of anilines is 2. The number of rotatable bonds is 10. The molecule has 12 nitrogen and oxygen atoms in total. The summed E-state index contributed by atoms with van der Waals surface area (Å²) in [6.45, 7) is 7.13. The van der Waals surface area contributed by atoms with Crippen LogP contribution in [0.25, 0.3) is 33.3 Å². The molecule has 0 N–H and O–H groups in total. The summed E-state index contributed by atoms with van der Waals surface area (Å²) >= 11 is 0. The van der Waals surface area contributed by atoms with Crippen molar-refractivity contribution >= 4 is 57.1 Å². The van der Waals surface area contributed by atoms with E-state index in [1.165, 1.54) is 11.0 Å². The molecular formula is C53H37N5O7. The number of nitrogens with zero attached hydrogens (tertiary/aromatic N) is 5. The Hall–Kier alpha value is -8.64. The Morgan fingerprint density at radius 2 is 1.03 bits per heavy atom. The van der Waals surface area contributed by atoms with Gasteiger partial charge in [0, 0.05) is 39.3 Å². The average molecular weight is 856 g/mol. The molecule has 2 aliphatic rings. The molecule has 7 aromatic carbocycles. The van der Waals surface area contributed by atoms with Gasteiger partial charge in [0.05, 0.1) is 27.9 Å². The first kappa shape index (κ1) is 39.2. The standard InChI is InChI=1S/C53H37N5O7/c1-4-56-45-13-9-8-12-39(45)42-28-34(18-27-46(42)56)57-48(59)40-25-23-37(29-43(40)50(57)61)63-35-19-14-32(15-20-35)53(2,3)33-16-21-36(22-17-33)64-38-24-26-41-44(30-38)51(62)58(49(41)60)52-55-54-47(65-52)31-10-6-5-7-11-31/h5-30H,4H2,1-3H3. The molecule has 0 spiro atoms. The first-order valence-electron chi connectivity index (χ1n) is 21.1. The number of ether oxygens (including phenoxy) is 2. The van der Waals surface area contributed by atoms with Crippen LogP contribution in [0, 0.1) is 0 Å². The van der Waals surface area contributed by atoms with Crippen LogP contribution in [0.15, 0.2) is 162 Å². The lowest BCUT2D eigenvalue weighted by Crippen LogP contribution is -2.29. The van der Waals surface area contributed by atoms with E-state index in [1.807, 2.05) is 97.1 Å². The van der Waals surface area contributed by atoms with Crippen molar-refractivity contribution < 1.29 is 33.1 Å². The summed E-state index contributed by atoms with van der Waals surface area (Å²) in [6, 6.07) is 47.9. The molecule has 0 aliphatic carbocycles. The Morgan fingerprint density at radius 3 is 1.65 bits per heavy atom. The zero-order valence-electron chi connectivity index (χ0n) is 35.3. The summed E-state index contributed by atoms with van der Waals surface area (Å²) in [6.07, 6.45) is 0. The molecule has 0 bridgehead atoms. The van der Waals surface area contributed by atoms with Gasteiger partial charge in [0.1, 0.15) is 23.0 Å². The van der Waals surface area contributed by atoms with Crippen molar-refractivity contribution in [1.82, 2.24) is 14.8 Å². The summed E-state index contributed by atoms with van der Waals surface area (Å²) in [5.41, 5.74) is 5.99. The number of fused-ring (bicyclic) bond motifs is 5. The monoisotopic (exact) mass is 855 g/mol. The summed E-state index contributed by atoms with van der Waals surface area (Å²) < 4.78 is 20.3. The summed E-state index contributed by atoms with van der Waals surface area (Å²) in [5.74, 6) is 0.236. The maximum Gasteiger partial charge on any atom is 0.332 e. The van der Waals surface area contributed by atoms with Crippen LogP contribution in [0.1, 0.15) is 73.3 Å². The van der Waals surface area contributed by atoms with Crippen LogP contribution < -0.4 is 19.3 Å². The lowest BCUT2D eigenvalue weighted by Gasteiger charge is -2.26. The molecule has 12 heteroatoms. The van der Waals surface area contributed by atoms with Crippen molar-refractivity contribution in [2.45, 2.75) is 32.7 Å². The molecule has 11 rings (SSSR count). The van der Waals surface area contributed by atoms with Gasteiger partial charge in [-0.3, -0.25) is 19.2 Å². The van der Waals surface area contributed by atoms with E-state index < -0.39 is 23.1 Å². The second-order valence-corrected chi connectivity index (χ2v) is 16.4. The highest BCUT2D eigenvalue weighted by Crippen LogP contribution is 2.39. The summed E-state index contributed by atoms with van der Waals surface area (Å²) in [7, 11) is 0. The first-order valence-corrected chi connectivity index (χ1v) is 21.1. The van der Waals surface area contributed by atoms with E-state index in [1.54, 1.807) is 42.5 Å². The van der Waals surface area contributed by atoms with E-state index in [0.29, 0.717) is 45.4 Å². The van der Waals surface area contributed by atoms with E-state index in [9.17, 15) is 19.2 Å². The number of carbonyl (C=O) groups excluding carboxylic acids is 4. The van der Waals surface area contributed by atoms with Crippen molar-refractivity contribution in [2.24, 2.45) is 0 Å². The Kier molecular flexibility index (Phi) is 9.06. The van der Waals surface area contributed by atoms with E-state index in [0.717, 1.165) is 44.4 Å². The lowest BCUT2D eigenvalue weighted by atomic mass is 9.78. The lowest BCUT2D eigenvalue weighted by molar-refractivity contribution is 0.0906. The number of benzene rings is 7. The van der Waals surface area contributed by atoms with Gasteiger partial charge in [-0.1, -0.05) is 79.6 Å². The fraction of sp³-hybridized carbons (Fsp3) is 0.0943. The molecule has 0 fully saturated rings. The third-order valence-electron chi connectivity index (χ3n) is 12.3. The van der Waals surface area contributed by atoms with Gasteiger partial charge >= 0.3 is 6.01 Å². The molecule has 65 heavy (non-hydrogen) atoms. The third kappa shape index (κ3) is 6.45. The molecule has 4 heterocycles. The van der Waals surface area contributed by atoms with Gasteiger partial charge in [-0.25, -0.2) is 4.90 Å². The molecule has 4 amide bonds. The van der Waals surface area contributed by atoms with Crippen LogP contribution in [0.3, 0.4) is 0 Å². The van der Waals surface area contributed by atoms with Gasteiger partial charge in [-0.2, -0.15) is 4.90 Å². The number of imide groups is 2. The van der Waals surface area contributed by atoms with Crippen LogP contribution in [0.4, 0.5) is 11.7 Å². The maximum absolute atomic E-state index is 13.8. The van der Waals surface area contributed by atoms with E-state index in [2.05, 4.69) is 47.7 Å². The molecule has 2 aliphatic heterocycles. The molecule has 2 aromatic heterocycles. The van der Waals surface area contributed by atoms with Crippen LogP contribution in [-0.4, -0.2) is 38.4 Å². The molecule has 0 radical (unpaired) electrons. The number of hydrogen-bond donors (Lipinski definition) is 0. The first-order chi connectivity index (χ1) is 31.6. The van der Waals surface area contributed by atoms with Crippen molar-refractivity contribution in [3.63, 3.8) is 0 Å². The molecule has 0 saturated carbocycles. The number of aryl methyl sites for hydroxylation is 1. The van der Waals surface area contributed by atoms with Gasteiger partial charge in [0.15, 0.2) is 0 Å². The van der Waals surface area contributed by atoms with Crippen LogP contribution in [-0.2, 0) is 12.0 Å². The van der Waals surface area contributed by atoms with Crippen LogP contribution >= 0.6 is 0 Å². The molecule has 316 valence electrons. The SMILES string of the molecule is CCn1c2ccccc2c2cc(N3C(=O)c4ccc(Oc5ccc(C(C)(C)c6ccc(Oc7ccc8c(c7)C(=O)N(c7nnc(-c9ccccc9)o7)C8=O)cc6)cc5)cc4C3=O)ccc21. The predicted octanol–water partition coefficient (Wildman–Crippen LogP) is 11.4.